The van der Waals surface area contributed by atoms with E-state index in [1.165, 1.54) is 12.1 Å². The lowest BCUT2D eigenvalue weighted by atomic mass is 9.94. The zero-order valence-electron chi connectivity index (χ0n) is 21.5. The summed E-state index contributed by atoms with van der Waals surface area (Å²) in [7, 11) is -4.38. The van der Waals surface area contributed by atoms with Gasteiger partial charge in [0.2, 0.25) is 0 Å². The molecule has 7 nitrogen and oxygen atoms in total. The highest BCUT2D eigenvalue weighted by Crippen LogP contribution is 2.31. The molecule has 5 rings (SSSR count). The van der Waals surface area contributed by atoms with Crippen molar-refractivity contribution in [3.05, 3.63) is 131 Å². The summed E-state index contributed by atoms with van der Waals surface area (Å²) >= 11 is 6.04. The van der Waals surface area contributed by atoms with Gasteiger partial charge in [0.1, 0.15) is 0 Å². The largest absolute Gasteiger partial charge is 0.390 e. The number of hydrogen-bond acceptors (Lipinski definition) is 4. The van der Waals surface area contributed by atoms with E-state index in [0.29, 0.717) is 21.8 Å². The Labute approximate surface area is 237 Å². The number of hydrogen-bond donors (Lipinski definition) is 3. The van der Waals surface area contributed by atoms with E-state index < -0.39 is 22.3 Å². The molecule has 0 fully saturated rings. The summed E-state index contributed by atoms with van der Waals surface area (Å²) in [5.74, 6) is -0.272. The Morgan fingerprint density at radius 1 is 0.950 bits per heavy atom. The number of rotatable bonds is 8. The van der Waals surface area contributed by atoms with Gasteiger partial charge in [0.25, 0.3) is 16.0 Å². The van der Waals surface area contributed by atoms with Crippen LogP contribution in [0.5, 0.6) is 0 Å². The fraction of sp³-hybridized carbons (Fsp3) is 0.129. The van der Waals surface area contributed by atoms with Crippen LogP contribution in [0.2, 0.25) is 5.02 Å². The predicted molar refractivity (Wildman–Crippen MR) is 157 cm³/mol. The van der Waals surface area contributed by atoms with E-state index in [0.717, 1.165) is 22.0 Å². The van der Waals surface area contributed by atoms with E-state index in [9.17, 15) is 22.9 Å². The van der Waals surface area contributed by atoms with E-state index in [4.69, 9.17) is 11.6 Å². The second-order valence-electron chi connectivity index (χ2n) is 9.65. The number of carbonyl (C=O) groups excluding carboxylic acids is 1. The summed E-state index contributed by atoms with van der Waals surface area (Å²) in [4.78, 5) is 12.7. The lowest BCUT2D eigenvalue weighted by Gasteiger charge is -2.27. The van der Waals surface area contributed by atoms with Gasteiger partial charge in [0.15, 0.2) is 0 Å². The van der Waals surface area contributed by atoms with Gasteiger partial charge in [-0.3, -0.25) is 9.35 Å². The van der Waals surface area contributed by atoms with Gasteiger partial charge in [0, 0.05) is 39.8 Å². The van der Waals surface area contributed by atoms with Crippen LogP contribution in [-0.2, 0) is 16.5 Å². The fourth-order valence-corrected chi connectivity index (χ4v) is 5.62. The average Bonchev–Trinajstić information content (AvgIpc) is 3.33. The van der Waals surface area contributed by atoms with Crippen LogP contribution < -0.4 is 5.32 Å². The Hall–Kier alpha value is -3.95. The van der Waals surface area contributed by atoms with Gasteiger partial charge in [-0.05, 0) is 78.2 Å². The first-order valence-electron chi connectivity index (χ1n) is 12.6. The second kappa shape index (κ2) is 11.3. The van der Waals surface area contributed by atoms with Crippen molar-refractivity contribution in [2.75, 3.05) is 5.32 Å². The molecule has 204 valence electrons. The Kier molecular flexibility index (Phi) is 7.78. The van der Waals surface area contributed by atoms with Crippen molar-refractivity contribution >= 4 is 44.2 Å². The first kappa shape index (κ1) is 27.6. The molecular formula is C31H27ClN2O5S. The van der Waals surface area contributed by atoms with Gasteiger partial charge in [0.05, 0.1) is 17.0 Å². The van der Waals surface area contributed by atoms with Crippen LogP contribution in [-0.4, -0.2) is 34.7 Å². The monoisotopic (exact) mass is 574 g/mol. The average molecular weight is 575 g/mol. The normalized spacial score (nSPS) is 13.2. The third kappa shape index (κ3) is 5.95. The van der Waals surface area contributed by atoms with Crippen molar-refractivity contribution in [3.63, 3.8) is 0 Å². The van der Waals surface area contributed by atoms with Crippen molar-refractivity contribution < 1.29 is 22.9 Å². The maximum atomic E-state index is 12.9. The maximum Gasteiger partial charge on any atom is 0.294 e. The summed E-state index contributed by atoms with van der Waals surface area (Å²) in [6.45, 7) is 1.83. The van der Waals surface area contributed by atoms with Crippen LogP contribution in [0.1, 0.15) is 33.1 Å². The first-order chi connectivity index (χ1) is 19.1. The molecule has 5 aromatic rings. The van der Waals surface area contributed by atoms with Crippen LogP contribution in [0.15, 0.2) is 108 Å². The van der Waals surface area contributed by atoms with Crippen molar-refractivity contribution in [2.24, 2.45) is 0 Å². The molecule has 4 aromatic carbocycles. The number of nitrogens with zero attached hydrogens (tertiary/aromatic N) is 1. The standard InChI is InChI=1S/C31H27ClN2O5S/c1-20-10-12-27(40(37,38)39)17-24(20)18-29(35)30(21-6-3-2-4-7-21)34-15-14-22-16-23(11-13-28(22)34)31(36)33-26-9-5-8-25(32)19-26/h2-17,19,29-30,35H,18H2,1H3,(H,33,36)(H,37,38,39)/t29-,30-/m0/s1. The fourth-order valence-electron chi connectivity index (χ4n) is 4.90. The number of aromatic nitrogens is 1. The lowest BCUT2D eigenvalue weighted by Crippen LogP contribution is -2.27. The number of aryl methyl sites for hydroxylation is 1. The van der Waals surface area contributed by atoms with Crippen LogP contribution in [0.3, 0.4) is 0 Å². The van der Waals surface area contributed by atoms with E-state index in [1.54, 1.807) is 42.5 Å². The number of halogens is 1. The summed E-state index contributed by atoms with van der Waals surface area (Å²) in [6, 6.07) is 27.5. The molecule has 1 amide bonds. The molecule has 0 radical (unpaired) electrons. The summed E-state index contributed by atoms with van der Waals surface area (Å²) in [5.41, 5.74) is 4.15. The number of amides is 1. The number of benzene rings is 4. The van der Waals surface area contributed by atoms with Crippen molar-refractivity contribution in [1.29, 1.82) is 0 Å². The highest BCUT2D eigenvalue weighted by atomic mass is 35.5. The van der Waals surface area contributed by atoms with Crippen LogP contribution in [0.25, 0.3) is 10.9 Å². The zero-order chi connectivity index (χ0) is 28.4. The van der Waals surface area contributed by atoms with Crippen molar-refractivity contribution in [1.82, 2.24) is 4.57 Å². The molecular weight excluding hydrogens is 548 g/mol. The molecule has 0 saturated carbocycles. The van der Waals surface area contributed by atoms with Gasteiger partial charge in [-0.2, -0.15) is 8.42 Å². The Morgan fingerprint density at radius 2 is 1.73 bits per heavy atom. The summed E-state index contributed by atoms with van der Waals surface area (Å²) in [6.07, 6.45) is 1.07. The quantitative estimate of drug-likeness (QED) is 0.189. The van der Waals surface area contributed by atoms with E-state index in [2.05, 4.69) is 5.32 Å². The number of carbonyl (C=O) groups is 1. The minimum Gasteiger partial charge on any atom is -0.390 e. The minimum absolute atomic E-state index is 0.147. The molecule has 1 heterocycles. The molecule has 0 saturated heterocycles. The third-order valence-electron chi connectivity index (χ3n) is 6.92. The Balaban J connectivity index is 1.49. The van der Waals surface area contributed by atoms with E-state index in [1.807, 2.05) is 60.2 Å². The zero-order valence-corrected chi connectivity index (χ0v) is 23.1. The molecule has 0 unspecified atom stereocenters. The van der Waals surface area contributed by atoms with Gasteiger partial charge in [-0.25, -0.2) is 0 Å². The highest BCUT2D eigenvalue weighted by Gasteiger charge is 2.26. The molecule has 3 N–H and O–H groups in total. The van der Waals surface area contributed by atoms with E-state index >= 15 is 0 Å². The van der Waals surface area contributed by atoms with Gasteiger partial charge in [-0.15, -0.1) is 0 Å². The molecule has 0 bridgehead atoms. The molecule has 9 heteroatoms. The number of nitrogens with one attached hydrogen (secondary N) is 1. The lowest BCUT2D eigenvalue weighted by molar-refractivity contribution is 0.102. The second-order valence-corrected chi connectivity index (χ2v) is 11.5. The van der Waals surface area contributed by atoms with Gasteiger partial charge < -0.3 is 15.0 Å². The summed E-state index contributed by atoms with van der Waals surface area (Å²) in [5, 5.41) is 15.8. The molecule has 0 aliphatic carbocycles. The molecule has 1 aromatic heterocycles. The van der Waals surface area contributed by atoms with Crippen molar-refractivity contribution in [2.45, 2.75) is 30.4 Å². The maximum absolute atomic E-state index is 12.9. The van der Waals surface area contributed by atoms with Crippen LogP contribution >= 0.6 is 11.6 Å². The molecule has 40 heavy (non-hydrogen) atoms. The minimum atomic E-state index is -4.38. The van der Waals surface area contributed by atoms with Crippen LogP contribution in [0, 0.1) is 6.92 Å². The summed E-state index contributed by atoms with van der Waals surface area (Å²) < 4.78 is 34.9. The Bertz CT molecular complexity index is 1800. The first-order valence-corrected chi connectivity index (χ1v) is 14.4. The third-order valence-corrected chi connectivity index (χ3v) is 8.00. The van der Waals surface area contributed by atoms with Crippen molar-refractivity contribution in [3.8, 4) is 0 Å². The number of aliphatic hydroxyl groups is 1. The molecule has 2 atom stereocenters. The smallest absolute Gasteiger partial charge is 0.294 e. The SMILES string of the molecule is Cc1ccc(S(=O)(=O)O)cc1C[C@H](O)[C@H](c1ccccc1)n1ccc2cc(C(=O)Nc3cccc(Cl)c3)ccc21. The van der Waals surface area contributed by atoms with Gasteiger partial charge >= 0.3 is 0 Å². The molecule has 0 aliphatic rings. The number of anilines is 1. The molecule has 0 aliphatic heterocycles. The van der Waals surface area contributed by atoms with E-state index in [-0.39, 0.29) is 17.2 Å². The number of fused-ring (bicyclic) bond motifs is 1. The molecule has 0 spiro atoms. The topological polar surface area (TPSA) is 109 Å². The van der Waals surface area contributed by atoms with Gasteiger partial charge in [-0.1, -0.05) is 54.1 Å². The predicted octanol–water partition coefficient (Wildman–Crippen LogP) is 6.30. The number of aliphatic hydroxyl groups excluding tert-OH is 1. The van der Waals surface area contributed by atoms with Crippen LogP contribution in [0.4, 0.5) is 5.69 Å². The highest BCUT2D eigenvalue weighted by molar-refractivity contribution is 7.85. The Morgan fingerprint density at radius 3 is 2.45 bits per heavy atom.